The summed E-state index contributed by atoms with van der Waals surface area (Å²) in [7, 11) is -3.61. The quantitative estimate of drug-likeness (QED) is 0.878. The molecule has 3 N–H and O–H groups in total. The minimum atomic E-state index is -3.61. The Labute approximate surface area is 124 Å². The van der Waals surface area contributed by atoms with E-state index in [1.807, 2.05) is 19.1 Å². The van der Waals surface area contributed by atoms with Crippen LogP contribution in [0.2, 0.25) is 0 Å². The normalized spacial score (nSPS) is 17.0. The minimum absolute atomic E-state index is 0.185. The smallest absolute Gasteiger partial charge is 0.243 e. The van der Waals surface area contributed by atoms with E-state index >= 15 is 0 Å². The lowest BCUT2D eigenvalue weighted by Crippen LogP contribution is -2.41. The predicted molar refractivity (Wildman–Crippen MR) is 82.4 cm³/mol. The van der Waals surface area contributed by atoms with Crippen molar-refractivity contribution in [1.82, 2.24) is 9.71 Å². The summed E-state index contributed by atoms with van der Waals surface area (Å²) >= 11 is 0. The highest BCUT2D eigenvalue weighted by atomic mass is 32.2. The Morgan fingerprint density at radius 3 is 2.86 bits per heavy atom. The Balaban J connectivity index is 2.02. The molecule has 1 fully saturated rings. The number of para-hydroxylation sites is 1. The summed E-state index contributed by atoms with van der Waals surface area (Å²) in [6, 6.07) is 6.95. The van der Waals surface area contributed by atoms with Gasteiger partial charge in [0.25, 0.3) is 0 Å². The summed E-state index contributed by atoms with van der Waals surface area (Å²) in [5, 5.41) is 0.827. The van der Waals surface area contributed by atoms with E-state index in [9.17, 15) is 8.42 Å². The van der Waals surface area contributed by atoms with Gasteiger partial charge in [-0.1, -0.05) is 12.1 Å². The Morgan fingerprint density at radius 2 is 2.19 bits per heavy atom. The molecule has 0 aliphatic heterocycles. The second kappa shape index (κ2) is 5.36. The molecule has 1 heterocycles. The molecule has 1 unspecified atom stereocenters. The zero-order chi connectivity index (χ0) is 15.0. The van der Waals surface area contributed by atoms with Crippen LogP contribution in [0, 0.1) is 12.8 Å². The number of pyridine rings is 1. The van der Waals surface area contributed by atoms with Crippen molar-refractivity contribution in [1.29, 1.82) is 0 Å². The zero-order valence-corrected chi connectivity index (χ0v) is 12.7. The molecule has 0 saturated heterocycles. The summed E-state index contributed by atoms with van der Waals surface area (Å²) in [5.41, 5.74) is 7.19. The number of aryl methyl sites for hydroxylation is 1. The molecule has 0 radical (unpaired) electrons. The first-order chi connectivity index (χ1) is 10.0. The van der Waals surface area contributed by atoms with Gasteiger partial charge in [-0.05, 0) is 43.4 Å². The van der Waals surface area contributed by atoms with Gasteiger partial charge in [0.05, 0.1) is 5.52 Å². The third-order valence-electron chi connectivity index (χ3n) is 3.85. The molecule has 1 aliphatic carbocycles. The molecule has 0 bridgehead atoms. The number of aromatic nitrogens is 1. The molecule has 5 nitrogen and oxygen atoms in total. The summed E-state index contributed by atoms with van der Waals surface area (Å²) in [5.74, 6) is 0.370. The van der Waals surface area contributed by atoms with Gasteiger partial charge in [-0.25, -0.2) is 13.1 Å². The monoisotopic (exact) mass is 305 g/mol. The number of nitrogens with two attached hydrogens (primary N) is 1. The molecular formula is C15H19N3O2S. The standard InChI is InChI=1S/C15H19N3O2S/c1-10-7-12-3-2-4-14(15(12)17-9-10)21(19,20)18-13(8-16)11-5-6-11/h2-4,7,9,11,13,18H,5-6,8,16H2,1H3. The molecule has 0 spiro atoms. The first kappa shape index (κ1) is 14.4. The first-order valence-corrected chi connectivity index (χ1v) is 8.57. The summed E-state index contributed by atoms with van der Waals surface area (Å²) < 4.78 is 28.0. The van der Waals surface area contributed by atoms with E-state index in [1.165, 1.54) is 0 Å². The number of hydrogen-bond donors (Lipinski definition) is 2. The van der Waals surface area contributed by atoms with Gasteiger partial charge in [-0.15, -0.1) is 0 Å². The van der Waals surface area contributed by atoms with Crippen LogP contribution in [0.25, 0.3) is 10.9 Å². The molecule has 21 heavy (non-hydrogen) atoms. The lowest BCUT2D eigenvalue weighted by molar-refractivity contribution is 0.519. The number of nitrogens with zero attached hydrogens (tertiary/aromatic N) is 1. The second-order valence-electron chi connectivity index (χ2n) is 5.64. The van der Waals surface area contributed by atoms with Gasteiger partial charge in [-0.2, -0.15) is 0 Å². The van der Waals surface area contributed by atoms with E-state index < -0.39 is 10.0 Å². The number of rotatable bonds is 5. The average molecular weight is 305 g/mol. The maximum absolute atomic E-state index is 12.6. The molecule has 3 rings (SSSR count). The fourth-order valence-corrected chi connectivity index (χ4v) is 4.05. The van der Waals surface area contributed by atoms with Crippen molar-refractivity contribution >= 4 is 20.9 Å². The number of nitrogens with one attached hydrogen (secondary N) is 1. The van der Waals surface area contributed by atoms with E-state index in [0.29, 0.717) is 18.0 Å². The van der Waals surface area contributed by atoms with Crippen molar-refractivity contribution in [2.45, 2.75) is 30.7 Å². The van der Waals surface area contributed by atoms with Crippen LogP contribution in [-0.4, -0.2) is 26.0 Å². The lowest BCUT2D eigenvalue weighted by atomic mass is 10.2. The largest absolute Gasteiger partial charge is 0.329 e. The SMILES string of the molecule is Cc1cnc2c(S(=O)(=O)NC(CN)C3CC3)cccc2c1. The van der Waals surface area contributed by atoms with Crippen molar-refractivity contribution in [3.8, 4) is 0 Å². The van der Waals surface area contributed by atoms with Gasteiger partial charge in [0.15, 0.2) is 0 Å². The van der Waals surface area contributed by atoms with Crippen molar-refractivity contribution in [3.05, 3.63) is 36.0 Å². The molecule has 1 atom stereocenters. The van der Waals surface area contributed by atoms with Crippen LogP contribution < -0.4 is 10.5 Å². The molecule has 6 heteroatoms. The van der Waals surface area contributed by atoms with Crippen LogP contribution in [-0.2, 0) is 10.0 Å². The average Bonchev–Trinajstić information content (AvgIpc) is 3.28. The lowest BCUT2D eigenvalue weighted by Gasteiger charge is -2.17. The second-order valence-corrected chi connectivity index (χ2v) is 7.32. The summed E-state index contributed by atoms with van der Waals surface area (Å²) in [6.07, 6.45) is 3.76. The third kappa shape index (κ3) is 2.92. The number of sulfonamides is 1. The molecule has 1 aromatic heterocycles. The van der Waals surface area contributed by atoms with E-state index in [2.05, 4.69) is 9.71 Å². The van der Waals surface area contributed by atoms with Crippen molar-refractivity contribution in [2.24, 2.45) is 11.7 Å². The van der Waals surface area contributed by atoms with E-state index in [1.54, 1.807) is 18.3 Å². The Kier molecular flexibility index (Phi) is 3.69. The van der Waals surface area contributed by atoms with Gasteiger partial charge < -0.3 is 5.73 Å². The van der Waals surface area contributed by atoms with Crippen LogP contribution in [0.5, 0.6) is 0 Å². The van der Waals surface area contributed by atoms with Gasteiger partial charge in [0, 0.05) is 24.2 Å². The van der Waals surface area contributed by atoms with Crippen molar-refractivity contribution in [3.63, 3.8) is 0 Å². The van der Waals surface area contributed by atoms with E-state index in [4.69, 9.17) is 5.73 Å². The number of fused-ring (bicyclic) bond motifs is 1. The van der Waals surface area contributed by atoms with E-state index in [-0.39, 0.29) is 10.9 Å². The number of benzene rings is 1. The van der Waals surface area contributed by atoms with Crippen LogP contribution in [0.4, 0.5) is 0 Å². The van der Waals surface area contributed by atoms with Crippen LogP contribution in [0.3, 0.4) is 0 Å². The molecule has 1 saturated carbocycles. The maximum atomic E-state index is 12.6. The van der Waals surface area contributed by atoms with Crippen molar-refractivity contribution < 1.29 is 8.42 Å². The fraction of sp³-hybridized carbons (Fsp3) is 0.400. The maximum Gasteiger partial charge on any atom is 0.243 e. The summed E-state index contributed by atoms with van der Waals surface area (Å²) in [4.78, 5) is 4.51. The van der Waals surface area contributed by atoms with Crippen LogP contribution in [0.1, 0.15) is 18.4 Å². The fourth-order valence-electron chi connectivity index (χ4n) is 2.56. The molecule has 112 valence electrons. The minimum Gasteiger partial charge on any atom is -0.329 e. The van der Waals surface area contributed by atoms with Gasteiger partial charge in [0.1, 0.15) is 4.90 Å². The van der Waals surface area contributed by atoms with Crippen LogP contribution in [0.15, 0.2) is 35.4 Å². The Hall–Kier alpha value is -1.50. The third-order valence-corrected chi connectivity index (χ3v) is 5.37. The topological polar surface area (TPSA) is 85.1 Å². The highest BCUT2D eigenvalue weighted by Crippen LogP contribution is 2.33. The number of hydrogen-bond acceptors (Lipinski definition) is 4. The Morgan fingerprint density at radius 1 is 1.43 bits per heavy atom. The molecule has 0 amide bonds. The molecule has 2 aromatic rings. The zero-order valence-electron chi connectivity index (χ0n) is 11.9. The summed E-state index contributed by atoms with van der Waals surface area (Å²) in [6.45, 7) is 2.25. The predicted octanol–water partition coefficient (Wildman–Crippen LogP) is 1.56. The van der Waals surface area contributed by atoms with E-state index in [0.717, 1.165) is 23.8 Å². The van der Waals surface area contributed by atoms with Crippen molar-refractivity contribution in [2.75, 3.05) is 6.54 Å². The highest BCUT2D eigenvalue weighted by molar-refractivity contribution is 7.89. The van der Waals surface area contributed by atoms with Gasteiger partial charge >= 0.3 is 0 Å². The molecule has 1 aromatic carbocycles. The molecule has 1 aliphatic rings. The first-order valence-electron chi connectivity index (χ1n) is 7.09. The van der Waals surface area contributed by atoms with Gasteiger partial charge in [0.2, 0.25) is 10.0 Å². The Bertz CT molecular complexity index is 770. The molecular weight excluding hydrogens is 286 g/mol. The highest BCUT2D eigenvalue weighted by Gasteiger charge is 2.33. The van der Waals surface area contributed by atoms with Gasteiger partial charge in [-0.3, -0.25) is 4.98 Å². The van der Waals surface area contributed by atoms with Crippen LogP contribution >= 0.6 is 0 Å².